The van der Waals surface area contributed by atoms with Crippen molar-refractivity contribution >= 4 is 39.1 Å². The Kier molecular flexibility index (Phi) is 2.33. The fraction of sp³-hybridized carbons (Fsp3) is 0. The molecule has 1 nitrogen and oxygen atoms in total. The predicted molar refractivity (Wildman–Crippen MR) is 42.0 cm³/mol. The Labute approximate surface area is 71.1 Å². The largest absolute Gasteiger partial charge is 0.243 e. The minimum atomic E-state index is 0.325. The van der Waals surface area contributed by atoms with E-state index >= 15 is 0 Å². The van der Waals surface area contributed by atoms with Crippen LogP contribution in [0.3, 0.4) is 0 Å². The molecule has 0 amide bonds. The van der Waals surface area contributed by atoms with Crippen molar-refractivity contribution in [1.82, 2.24) is 4.98 Å². The molecule has 0 aliphatic carbocycles. The van der Waals surface area contributed by atoms with Gasteiger partial charge in [0.1, 0.15) is 5.15 Å². The van der Waals surface area contributed by atoms with Crippen molar-refractivity contribution in [2.75, 3.05) is 0 Å². The van der Waals surface area contributed by atoms with Crippen LogP contribution in [0.15, 0.2) is 16.7 Å². The summed E-state index contributed by atoms with van der Waals surface area (Å²) < 4.78 is 0.768. The van der Waals surface area contributed by atoms with Crippen LogP contribution in [0, 0.1) is 0 Å². The van der Waals surface area contributed by atoms with E-state index in [0.717, 1.165) is 4.47 Å². The van der Waals surface area contributed by atoms with E-state index in [1.165, 1.54) is 0 Å². The van der Waals surface area contributed by atoms with Crippen molar-refractivity contribution in [2.45, 2.75) is 0 Å². The second-order valence-corrected chi connectivity index (χ2v) is 2.99. The third kappa shape index (κ3) is 1.57. The first-order valence-electron chi connectivity index (χ1n) is 2.17. The van der Waals surface area contributed by atoms with Crippen LogP contribution in [0.1, 0.15) is 0 Å². The maximum atomic E-state index is 5.64. The molecule has 48 valence electrons. The van der Waals surface area contributed by atoms with Crippen molar-refractivity contribution in [3.8, 4) is 0 Å². The highest BCUT2D eigenvalue weighted by Gasteiger charge is 1.99. The molecule has 9 heavy (non-hydrogen) atoms. The molecule has 1 aromatic heterocycles. The van der Waals surface area contributed by atoms with Crippen molar-refractivity contribution < 1.29 is 0 Å². The predicted octanol–water partition coefficient (Wildman–Crippen LogP) is 3.15. The Morgan fingerprint density at radius 1 is 1.44 bits per heavy atom. The average Bonchev–Trinajstić information content (AvgIpc) is 1.83. The fourth-order valence-electron chi connectivity index (χ4n) is 0.397. The average molecular weight is 227 g/mol. The second kappa shape index (κ2) is 2.86. The summed E-state index contributed by atoms with van der Waals surface area (Å²) in [6.45, 7) is 0. The maximum absolute atomic E-state index is 5.64. The van der Waals surface area contributed by atoms with Gasteiger partial charge in [-0.05, 0) is 22.0 Å². The van der Waals surface area contributed by atoms with E-state index in [1.807, 2.05) is 0 Å². The van der Waals surface area contributed by atoms with Gasteiger partial charge in [0.05, 0.1) is 5.02 Å². The van der Waals surface area contributed by atoms with Gasteiger partial charge in [-0.25, -0.2) is 4.98 Å². The summed E-state index contributed by atoms with van der Waals surface area (Å²) in [6.07, 6.45) is 1.58. The molecule has 0 aliphatic rings. The summed E-state index contributed by atoms with van der Waals surface area (Å²) in [4.78, 5) is 3.74. The highest BCUT2D eigenvalue weighted by atomic mass is 79.9. The van der Waals surface area contributed by atoms with Gasteiger partial charge < -0.3 is 0 Å². The minimum Gasteiger partial charge on any atom is -0.243 e. The van der Waals surface area contributed by atoms with Gasteiger partial charge in [-0.15, -0.1) is 0 Å². The van der Waals surface area contributed by atoms with Crippen LogP contribution in [0.4, 0.5) is 0 Å². The lowest BCUT2D eigenvalue weighted by Crippen LogP contribution is -1.74. The number of nitrogens with zero attached hydrogens (tertiary/aromatic N) is 1. The van der Waals surface area contributed by atoms with Crippen LogP contribution in [0.5, 0.6) is 0 Å². The van der Waals surface area contributed by atoms with Crippen molar-refractivity contribution in [3.63, 3.8) is 0 Å². The molecule has 0 aliphatic heterocycles. The Morgan fingerprint density at radius 2 is 2.11 bits per heavy atom. The summed E-state index contributed by atoms with van der Waals surface area (Å²) in [5, 5.41) is 0.783. The zero-order valence-electron chi connectivity index (χ0n) is 4.24. The molecule has 0 atom stereocenters. The molecule has 0 spiro atoms. The van der Waals surface area contributed by atoms with E-state index in [4.69, 9.17) is 23.2 Å². The third-order valence-corrected chi connectivity index (χ3v) is 2.45. The third-order valence-electron chi connectivity index (χ3n) is 0.800. The number of hydrogen-bond donors (Lipinski definition) is 0. The Balaban J connectivity index is 3.25. The molecule has 0 bridgehead atoms. The molecule has 0 saturated carbocycles. The van der Waals surface area contributed by atoms with Gasteiger partial charge in [-0.3, -0.25) is 0 Å². The number of pyridine rings is 1. The van der Waals surface area contributed by atoms with E-state index in [9.17, 15) is 0 Å². The van der Waals surface area contributed by atoms with Gasteiger partial charge in [0.2, 0.25) is 0 Å². The minimum absolute atomic E-state index is 0.325. The zero-order chi connectivity index (χ0) is 6.85. The normalized spacial score (nSPS) is 9.67. The first-order chi connectivity index (χ1) is 4.22. The first-order valence-corrected chi connectivity index (χ1v) is 3.72. The van der Waals surface area contributed by atoms with Gasteiger partial charge >= 0.3 is 0 Å². The highest BCUT2D eigenvalue weighted by molar-refractivity contribution is 9.10. The lowest BCUT2D eigenvalue weighted by Gasteiger charge is -1.93. The van der Waals surface area contributed by atoms with Crippen LogP contribution in [-0.4, -0.2) is 4.98 Å². The van der Waals surface area contributed by atoms with E-state index in [-0.39, 0.29) is 0 Å². The van der Waals surface area contributed by atoms with E-state index < -0.39 is 0 Å². The van der Waals surface area contributed by atoms with Crippen molar-refractivity contribution in [1.29, 1.82) is 0 Å². The molecule has 1 heterocycles. The highest BCUT2D eigenvalue weighted by Crippen LogP contribution is 2.26. The number of hydrogen-bond acceptors (Lipinski definition) is 1. The van der Waals surface area contributed by atoms with Crippen molar-refractivity contribution in [2.24, 2.45) is 0 Å². The Morgan fingerprint density at radius 3 is 2.56 bits per heavy atom. The first kappa shape index (κ1) is 7.32. The van der Waals surface area contributed by atoms with Crippen LogP contribution < -0.4 is 0 Å². The fourth-order valence-corrected chi connectivity index (χ4v) is 1.09. The van der Waals surface area contributed by atoms with E-state index in [1.54, 1.807) is 12.3 Å². The summed E-state index contributed by atoms with van der Waals surface area (Å²) in [6, 6.07) is 1.73. The van der Waals surface area contributed by atoms with Gasteiger partial charge in [-0.2, -0.15) is 0 Å². The topological polar surface area (TPSA) is 12.9 Å². The number of halogens is 3. The van der Waals surface area contributed by atoms with Gasteiger partial charge in [-0.1, -0.05) is 23.2 Å². The van der Waals surface area contributed by atoms with Gasteiger partial charge in [0.15, 0.2) is 0 Å². The van der Waals surface area contributed by atoms with Crippen LogP contribution in [-0.2, 0) is 0 Å². The van der Waals surface area contributed by atoms with Crippen LogP contribution in [0.2, 0.25) is 10.2 Å². The quantitative estimate of drug-likeness (QED) is 0.620. The summed E-state index contributed by atoms with van der Waals surface area (Å²) in [5.74, 6) is 0. The molecule has 0 fully saturated rings. The summed E-state index contributed by atoms with van der Waals surface area (Å²) >= 11 is 14.4. The molecule has 0 radical (unpaired) electrons. The molecule has 0 unspecified atom stereocenters. The summed E-state index contributed by atoms with van der Waals surface area (Å²) in [7, 11) is 0. The standard InChI is InChI=1S/C5H2BrCl2N/c6-3-1-2-9-5(8)4(3)7/h1-2H. The lowest BCUT2D eigenvalue weighted by molar-refractivity contribution is 1.32. The summed E-state index contributed by atoms with van der Waals surface area (Å²) in [5.41, 5.74) is 0. The smallest absolute Gasteiger partial charge is 0.148 e. The number of rotatable bonds is 0. The van der Waals surface area contributed by atoms with Crippen LogP contribution >= 0.6 is 39.1 Å². The zero-order valence-corrected chi connectivity index (χ0v) is 7.33. The second-order valence-electron chi connectivity index (χ2n) is 1.40. The molecule has 1 aromatic rings. The molecular weight excluding hydrogens is 225 g/mol. The van der Waals surface area contributed by atoms with Crippen molar-refractivity contribution in [3.05, 3.63) is 26.9 Å². The molecule has 0 N–H and O–H groups in total. The lowest BCUT2D eigenvalue weighted by atomic mass is 10.5. The van der Waals surface area contributed by atoms with Crippen LogP contribution in [0.25, 0.3) is 0 Å². The molecule has 4 heteroatoms. The molecule has 1 rings (SSSR count). The molecular formula is C5H2BrCl2N. The Bertz CT molecular complexity index is 206. The SMILES string of the molecule is Clc1nccc(Br)c1Cl. The molecule has 0 aromatic carbocycles. The van der Waals surface area contributed by atoms with Gasteiger partial charge in [0, 0.05) is 10.7 Å². The Hall–Kier alpha value is 0.210. The monoisotopic (exact) mass is 225 g/mol. The maximum Gasteiger partial charge on any atom is 0.148 e. The molecule has 0 saturated heterocycles. The van der Waals surface area contributed by atoms with E-state index in [2.05, 4.69) is 20.9 Å². The number of aromatic nitrogens is 1. The van der Waals surface area contributed by atoms with Gasteiger partial charge in [0.25, 0.3) is 0 Å². The van der Waals surface area contributed by atoms with E-state index in [0.29, 0.717) is 10.2 Å².